The Bertz CT molecular complexity index is 1180. The molecule has 0 bridgehead atoms. The van der Waals surface area contributed by atoms with Crippen LogP contribution in [0.4, 0.5) is 0 Å². The molecular formula is C21H21N5O3. The summed E-state index contributed by atoms with van der Waals surface area (Å²) in [6, 6.07) is 3.85. The van der Waals surface area contributed by atoms with Crippen molar-refractivity contribution in [2.45, 2.75) is 19.8 Å². The summed E-state index contributed by atoms with van der Waals surface area (Å²) in [5, 5.41) is 18.1. The molecule has 8 nitrogen and oxygen atoms in total. The summed E-state index contributed by atoms with van der Waals surface area (Å²) in [5.41, 5.74) is 3.93. The van der Waals surface area contributed by atoms with Crippen LogP contribution in [-0.4, -0.2) is 43.6 Å². The maximum Gasteiger partial charge on any atom is 0.256 e. The molecule has 1 aliphatic carbocycles. The zero-order chi connectivity index (χ0) is 20.0. The summed E-state index contributed by atoms with van der Waals surface area (Å²) in [5.74, 6) is 1.86. The number of H-pyrrole nitrogens is 1. The van der Waals surface area contributed by atoms with E-state index in [0.717, 1.165) is 22.5 Å². The summed E-state index contributed by atoms with van der Waals surface area (Å²) in [7, 11) is 1.59. The number of aromatic hydroxyl groups is 1. The molecule has 1 saturated carbocycles. The highest BCUT2D eigenvalue weighted by molar-refractivity contribution is 5.90. The third-order valence-electron chi connectivity index (χ3n) is 5.19. The Morgan fingerprint density at radius 2 is 2.14 bits per heavy atom. The summed E-state index contributed by atoms with van der Waals surface area (Å²) in [4.78, 5) is 9.14. The summed E-state index contributed by atoms with van der Waals surface area (Å²) < 4.78 is 12.9. The number of ether oxygens (including phenoxy) is 2. The number of methoxy groups -OCH3 is 1. The molecule has 0 radical (unpaired) electrons. The van der Waals surface area contributed by atoms with E-state index in [9.17, 15) is 5.11 Å². The Labute approximate surface area is 167 Å². The van der Waals surface area contributed by atoms with Crippen LogP contribution in [0.15, 0.2) is 36.9 Å². The lowest BCUT2D eigenvalue weighted by molar-refractivity contribution is 0.276. The maximum absolute atomic E-state index is 10.7. The van der Waals surface area contributed by atoms with Crippen LogP contribution in [0.1, 0.15) is 18.4 Å². The lowest BCUT2D eigenvalue weighted by Gasteiger charge is -2.11. The van der Waals surface area contributed by atoms with E-state index in [4.69, 9.17) is 14.5 Å². The molecule has 0 spiro atoms. The average Bonchev–Trinajstić information content (AvgIpc) is 3.27. The molecule has 1 aliphatic rings. The highest BCUT2D eigenvalue weighted by Crippen LogP contribution is 2.36. The van der Waals surface area contributed by atoms with E-state index in [-0.39, 0.29) is 5.88 Å². The predicted molar refractivity (Wildman–Crippen MR) is 108 cm³/mol. The van der Waals surface area contributed by atoms with Crippen LogP contribution in [0, 0.1) is 12.8 Å². The zero-order valence-corrected chi connectivity index (χ0v) is 16.2. The van der Waals surface area contributed by atoms with E-state index in [1.807, 2.05) is 19.1 Å². The number of pyridine rings is 2. The van der Waals surface area contributed by atoms with Crippen LogP contribution in [0.5, 0.6) is 17.5 Å². The van der Waals surface area contributed by atoms with Gasteiger partial charge in [-0.3, -0.25) is 9.67 Å². The molecule has 0 amide bonds. The predicted octanol–water partition coefficient (Wildman–Crippen LogP) is 3.62. The van der Waals surface area contributed by atoms with Crippen molar-refractivity contribution in [2.24, 2.45) is 5.92 Å². The first-order valence-corrected chi connectivity index (χ1v) is 9.52. The van der Waals surface area contributed by atoms with Gasteiger partial charge >= 0.3 is 0 Å². The van der Waals surface area contributed by atoms with Gasteiger partial charge in [0.1, 0.15) is 0 Å². The fourth-order valence-electron chi connectivity index (χ4n) is 3.43. The number of aromatic amines is 1. The van der Waals surface area contributed by atoms with Gasteiger partial charge in [-0.15, -0.1) is 0 Å². The van der Waals surface area contributed by atoms with E-state index < -0.39 is 0 Å². The van der Waals surface area contributed by atoms with Gasteiger partial charge in [0.15, 0.2) is 5.75 Å². The Balaban J connectivity index is 1.57. The SMILES string of the molecule is COc1ncc(-c2cc(C)c3c(O)n(-c4cn[nH]c4)cc3n2)cc1OCC1CC1. The maximum atomic E-state index is 10.7. The standard InChI is InChI=1S/C21H21N5O3/c1-12-5-16(14-6-18(20(28-2)22-7-14)29-11-13-3-4-13)25-17-10-26(21(27)19(12)17)15-8-23-24-9-15/h5-10,13,27H,3-4,11H2,1-2H3,(H,23,24). The van der Waals surface area contributed by atoms with Crippen LogP contribution < -0.4 is 9.47 Å². The number of fused-ring (bicyclic) bond motifs is 1. The number of aryl methyl sites for hydroxylation is 1. The number of hydrogen-bond donors (Lipinski definition) is 2. The van der Waals surface area contributed by atoms with Crippen molar-refractivity contribution in [2.75, 3.05) is 13.7 Å². The summed E-state index contributed by atoms with van der Waals surface area (Å²) >= 11 is 0. The molecule has 8 heteroatoms. The molecule has 29 heavy (non-hydrogen) atoms. The van der Waals surface area contributed by atoms with Gasteiger partial charge in [0, 0.05) is 24.2 Å². The second-order valence-corrected chi connectivity index (χ2v) is 7.35. The van der Waals surface area contributed by atoms with Crippen LogP contribution in [-0.2, 0) is 0 Å². The molecule has 5 rings (SSSR count). The molecule has 4 aromatic rings. The fourth-order valence-corrected chi connectivity index (χ4v) is 3.43. The van der Waals surface area contributed by atoms with Crippen molar-refractivity contribution in [3.8, 4) is 34.5 Å². The second kappa shape index (κ2) is 6.80. The number of aromatic nitrogens is 5. The third kappa shape index (κ3) is 3.16. The van der Waals surface area contributed by atoms with E-state index in [2.05, 4.69) is 15.2 Å². The monoisotopic (exact) mass is 391 g/mol. The average molecular weight is 391 g/mol. The van der Waals surface area contributed by atoms with Crippen LogP contribution >= 0.6 is 0 Å². The van der Waals surface area contributed by atoms with Gasteiger partial charge in [0.2, 0.25) is 5.88 Å². The van der Waals surface area contributed by atoms with Gasteiger partial charge in [-0.1, -0.05) is 0 Å². The van der Waals surface area contributed by atoms with Crippen LogP contribution in [0.25, 0.3) is 27.8 Å². The molecule has 0 aromatic carbocycles. The third-order valence-corrected chi connectivity index (χ3v) is 5.19. The van der Waals surface area contributed by atoms with Gasteiger partial charge in [0.25, 0.3) is 5.88 Å². The molecule has 4 heterocycles. The Kier molecular flexibility index (Phi) is 4.12. The zero-order valence-electron chi connectivity index (χ0n) is 16.2. The van der Waals surface area contributed by atoms with Gasteiger partial charge in [-0.2, -0.15) is 5.10 Å². The lowest BCUT2D eigenvalue weighted by atomic mass is 10.1. The van der Waals surface area contributed by atoms with Crippen molar-refractivity contribution in [1.29, 1.82) is 0 Å². The molecule has 0 atom stereocenters. The van der Waals surface area contributed by atoms with Crippen LogP contribution in [0.2, 0.25) is 0 Å². The van der Waals surface area contributed by atoms with Crippen molar-refractivity contribution >= 4 is 10.9 Å². The molecule has 148 valence electrons. The van der Waals surface area contributed by atoms with E-state index in [0.29, 0.717) is 35.1 Å². The molecule has 2 N–H and O–H groups in total. The normalized spacial score (nSPS) is 13.7. The fraction of sp³-hybridized carbons (Fsp3) is 0.286. The van der Waals surface area contributed by atoms with Crippen molar-refractivity contribution in [1.82, 2.24) is 24.7 Å². The minimum absolute atomic E-state index is 0.138. The minimum atomic E-state index is 0.138. The summed E-state index contributed by atoms with van der Waals surface area (Å²) in [6.07, 6.45) is 9.31. The Morgan fingerprint density at radius 3 is 2.86 bits per heavy atom. The van der Waals surface area contributed by atoms with Gasteiger partial charge in [-0.05, 0) is 43.4 Å². The van der Waals surface area contributed by atoms with Crippen molar-refractivity contribution in [3.05, 3.63) is 42.5 Å². The largest absolute Gasteiger partial charge is 0.494 e. The highest BCUT2D eigenvalue weighted by atomic mass is 16.5. The number of rotatable bonds is 6. The van der Waals surface area contributed by atoms with Crippen molar-refractivity contribution in [3.63, 3.8) is 0 Å². The number of nitrogens with one attached hydrogen (secondary N) is 1. The topological polar surface area (TPSA) is 98.1 Å². The molecule has 4 aromatic heterocycles. The second-order valence-electron chi connectivity index (χ2n) is 7.35. The van der Waals surface area contributed by atoms with Crippen molar-refractivity contribution < 1.29 is 14.6 Å². The van der Waals surface area contributed by atoms with Gasteiger partial charge in [0.05, 0.1) is 42.2 Å². The Morgan fingerprint density at radius 1 is 1.28 bits per heavy atom. The van der Waals surface area contributed by atoms with Gasteiger partial charge in [-0.25, -0.2) is 9.97 Å². The van der Waals surface area contributed by atoms with Gasteiger partial charge < -0.3 is 14.6 Å². The van der Waals surface area contributed by atoms with E-state index in [1.165, 1.54) is 12.8 Å². The first kappa shape index (κ1) is 17.5. The molecule has 1 fully saturated rings. The van der Waals surface area contributed by atoms with E-state index >= 15 is 0 Å². The quantitative estimate of drug-likeness (QED) is 0.521. The van der Waals surface area contributed by atoms with E-state index in [1.54, 1.807) is 36.5 Å². The smallest absolute Gasteiger partial charge is 0.256 e. The minimum Gasteiger partial charge on any atom is -0.494 e. The lowest BCUT2D eigenvalue weighted by Crippen LogP contribution is -2.02. The van der Waals surface area contributed by atoms with Crippen LogP contribution in [0.3, 0.4) is 0 Å². The number of hydrogen-bond acceptors (Lipinski definition) is 6. The molecule has 0 saturated heterocycles. The molecule has 0 aliphatic heterocycles. The first-order valence-electron chi connectivity index (χ1n) is 9.52. The summed E-state index contributed by atoms with van der Waals surface area (Å²) in [6.45, 7) is 2.63. The molecular weight excluding hydrogens is 370 g/mol. The molecule has 0 unspecified atom stereocenters. The Hall–Kier alpha value is -3.55. The first-order chi connectivity index (χ1) is 14.1. The number of nitrogens with zero attached hydrogens (tertiary/aromatic N) is 4. The highest BCUT2D eigenvalue weighted by Gasteiger charge is 2.23.